The van der Waals surface area contributed by atoms with Gasteiger partial charge in [0.2, 0.25) is 5.95 Å². The zero-order valence-electron chi connectivity index (χ0n) is 16.7. The fourth-order valence-electron chi connectivity index (χ4n) is 3.77. The number of hydrogen-bond acceptors (Lipinski definition) is 6. The van der Waals surface area contributed by atoms with Crippen LogP contribution in [0.1, 0.15) is 29.0 Å². The second-order valence-corrected chi connectivity index (χ2v) is 7.68. The van der Waals surface area contributed by atoms with Crippen molar-refractivity contribution in [1.82, 2.24) is 19.8 Å². The number of anilines is 3. The Kier molecular flexibility index (Phi) is 5.43. The van der Waals surface area contributed by atoms with Gasteiger partial charge in [0.25, 0.3) is 5.91 Å². The van der Waals surface area contributed by atoms with Crippen LogP contribution in [0, 0.1) is 6.92 Å². The minimum Gasteiger partial charge on any atom is -0.369 e. The van der Waals surface area contributed by atoms with E-state index in [0.717, 1.165) is 63.5 Å². The first-order valence-electron chi connectivity index (χ1n) is 10.0. The van der Waals surface area contributed by atoms with Crippen LogP contribution in [0.15, 0.2) is 30.3 Å². The highest BCUT2D eigenvalue weighted by Crippen LogP contribution is 2.21. The second kappa shape index (κ2) is 8.14. The van der Waals surface area contributed by atoms with Gasteiger partial charge in [-0.15, -0.1) is 0 Å². The number of hydrogen-bond donors (Lipinski definition) is 1. The Labute approximate surface area is 166 Å². The first-order chi connectivity index (χ1) is 13.6. The lowest BCUT2D eigenvalue weighted by atomic mass is 10.2. The van der Waals surface area contributed by atoms with Gasteiger partial charge < -0.3 is 20.0 Å². The predicted octanol–water partition coefficient (Wildman–Crippen LogP) is 2.52. The summed E-state index contributed by atoms with van der Waals surface area (Å²) in [6.45, 7) is 7.80. The molecule has 2 aliphatic rings. The number of likely N-dealkylation sites (N-methyl/N-ethyl adjacent to an activating group) is 1. The number of amides is 1. The molecule has 1 aromatic carbocycles. The molecule has 7 nitrogen and oxygen atoms in total. The van der Waals surface area contributed by atoms with Crippen molar-refractivity contribution in [2.75, 3.05) is 56.5 Å². The molecule has 1 aromatic heterocycles. The van der Waals surface area contributed by atoms with Gasteiger partial charge in [0.15, 0.2) is 0 Å². The topological polar surface area (TPSA) is 64.6 Å². The van der Waals surface area contributed by atoms with Crippen LogP contribution >= 0.6 is 0 Å². The number of carbonyl (C=O) groups excluding carboxylic acids is 1. The third-order valence-electron chi connectivity index (χ3n) is 5.46. The lowest BCUT2D eigenvalue weighted by Gasteiger charge is -2.34. The molecule has 0 bridgehead atoms. The summed E-state index contributed by atoms with van der Waals surface area (Å²) < 4.78 is 0. The summed E-state index contributed by atoms with van der Waals surface area (Å²) in [5, 5.41) is 3.25. The van der Waals surface area contributed by atoms with Crippen LogP contribution in [0.3, 0.4) is 0 Å². The first kappa shape index (κ1) is 18.7. The Bertz CT molecular complexity index is 823. The normalized spacial score (nSPS) is 17.8. The zero-order chi connectivity index (χ0) is 19.5. The average molecular weight is 380 g/mol. The van der Waals surface area contributed by atoms with Gasteiger partial charge in [-0.2, -0.15) is 0 Å². The summed E-state index contributed by atoms with van der Waals surface area (Å²) >= 11 is 0. The monoisotopic (exact) mass is 380 g/mol. The Balaban J connectivity index is 1.45. The molecular formula is C21H28N6O. The van der Waals surface area contributed by atoms with E-state index in [1.165, 1.54) is 5.69 Å². The van der Waals surface area contributed by atoms with Crippen molar-refractivity contribution in [2.45, 2.75) is 19.8 Å². The Morgan fingerprint density at radius 1 is 0.964 bits per heavy atom. The zero-order valence-corrected chi connectivity index (χ0v) is 16.7. The third kappa shape index (κ3) is 4.25. The number of nitrogens with one attached hydrogen (secondary N) is 1. The summed E-state index contributed by atoms with van der Waals surface area (Å²) in [5.74, 6) is 0.464. The van der Waals surface area contributed by atoms with Crippen molar-refractivity contribution in [1.29, 1.82) is 0 Å². The van der Waals surface area contributed by atoms with E-state index in [-0.39, 0.29) is 5.91 Å². The van der Waals surface area contributed by atoms with Crippen LogP contribution in [-0.4, -0.2) is 72.0 Å². The van der Waals surface area contributed by atoms with E-state index in [0.29, 0.717) is 11.6 Å². The number of nitrogens with zero attached hydrogens (tertiary/aromatic N) is 5. The molecule has 28 heavy (non-hydrogen) atoms. The molecule has 2 aromatic rings. The van der Waals surface area contributed by atoms with E-state index in [2.05, 4.69) is 44.3 Å². The number of benzene rings is 1. The summed E-state index contributed by atoms with van der Waals surface area (Å²) in [6, 6.07) is 10.1. The van der Waals surface area contributed by atoms with Crippen molar-refractivity contribution in [3.63, 3.8) is 0 Å². The molecule has 0 saturated carbocycles. The minimum atomic E-state index is -0.00327. The highest BCUT2D eigenvalue weighted by atomic mass is 16.2. The Hall–Kier alpha value is -2.67. The molecule has 2 fully saturated rings. The summed E-state index contributed by atoms with van der Waals surface area (Å²) in [7, 11) is 2.16. The van der Waals surface area contributed by atoms with Gasteiger partial charge in [-0.3, -0.25) is 4.79 Å². The summed E-state index contributed by atoms with van der Waals surface area (Å²) in [6.07, 6.45) is 2.14. The molecule has 1 N–H and O–H groups in total. The number of piperazine rings is 1. The quantitative estimate of drug-likeness (QED) is 0.879. The van der Waals surface area contributed by atoms with Crippen LogP contribution in [-0.2, 0) is 0 Å². The molecular weight excluding hydrogens is 352 g/mol. The summed E-state index contributed by atoms with van der Waals surface area (Å²) in [4.78, 5) is 28.2. The smallest absolute Gasteiger partial charge is 0.272 e. The molecule has 7 heteroatoms. The highest BCUT2D eigenvalue weighted by Gasteiger charge is 2.21. The van der Waals surface area contributed by atoms with Crippen molar-refractivity contribution in [3.8, 4) is 0 Å². The Morgan fingerprint density at radius 3 is 2.32 bits per heavy atom. The van der Waals surface area contributed by atoms with E-state index in [1.54, 1.807) is 6.07 Å². The third-order valence-corrected chi connectivity index (χ3v) is 5.46. The molecule has 2 aliphatic heterocycles. The largest absolute Gasteiger partial charge is 0.369 e. The van der Waals surface area contributed by atoms with Crippen LogP contribution in [0.5, 0.6) is 0 Å². The van der Waals surface area contributed by atoms with E-state index in [4.69, 9.17) is 0 Å². The standard InChI is InChI=1S/C21H28N6O/c1-16-15-19(20(28)27-9-3-4-10-27)24-21(22-16)23-17-5-7-18(8-6-17)26-13-11-25(2)12-14-26/h5-8,15H,3-4,9-14H2,1-2H3,(H,22,23,24). The van der Waals surface area contributed by atoms with Crippen molar-refractivity contribution < 1.29 is 4.79 Å². The molecule has 2 saturated heterocycles. The predicted molar refractivity (Wildman–Crippen MR) is 111 cm³/mol. The summed E-state index contributed by atoms with van der Waals surface area (Å²) in [5.41, 5.74) is 3.40. The molecule has 1 amide bonds. The highest BCUT2D eigenvalue weighted by molar-refractivity contribution is 5.93. The van der Waals surface area contributed by atoms with Crippen LogP contribution in [0.4, 0.5) is 17.3 Å². The van der Waals surface area contributed by atoms with E-state index in [1.807, 2.05) is 24.0 Å². The van der Waals surface area contributed by atoms with Crippen LogP contribution in [0.2, 0.25) is 0 Å². The molecule has 4 rings (SSSR count). The maximum Gasteiger partial charge on any atom is 0.272 e. The second-order valence-electron chi connectivity index (χ2n) is 7.68. The van der Waals surface area contributed by atoms with E-state index < -0.39 is 0 Å². The first-order valence-corrected chi connectivity index (χ1v) is 10.0. The average Bonchev–Trinajstić information content (AvgIpc) is 3.23. The van der Waals surface area contributed by atoms with Crippen molar-refractivity contribution in [3.05, 3.63) is 41.7 Å². The van der Waals surface area contributed by atoms with E-state index >= 15 is 0 Å². The van der Waals surface area contributed by atoms with E-state index in [9.17, 15) is 4.79 Å². The van der Waals surface area contributed by atoms with Gasteiger partial charge in [0, 0.05) is 56.3 Å². The number of carbonyl (C=O) groups is 1. The van der Waals surface area contributed by atoms with Gasteiger partial charge in [-0.1, -0.05) is 0 Å². The molecule has 0 aliphatic carbocycles. The number of aryl methyl sites for hydroxylation is 1. The molecule has 148 valence electrons. The molecule has 3 heterocycles. The van der Waals surface area contributed by atoms with Gasteiger partial charge in [-0.05, 0) is 57.1 Å². The molecule has 0 radical (unpaired) electrons. The molecule has 0 atom stereocenters. The van der Waals surface area contributed by atoms with Crippen LogP contribution < -0.4 is 10.2 Å². The van der Waals surface area contributed by atoms with Gasteiger partial charge >= 0.3 is 0 Å². The van der Waals surface area contributed by atoms with Crippen LogP contribution in [0.25, 0.3) is 0 Å². The lowest BCUT2D eigenvalue weighted by Crippen LogP contribution is -2.44. The maximum atomic E-state index is 12.6. The molecule has 0 spiro atoms. The fraction of sp³-hybridized carbons (Fsp3) is 0.476. The van der Waals surface area contributed by atoms with Gasteiger partial charge in [-0.25, -0.2) is 9.97 Å². The minimum absolute atomic E-state index is 0.00327. The van der Waals surface area contributed by atoms with Crippen molar-refractivity contribution in [2.24, 2.45) is 0 Å². The Morgan fingerprint density at radius 2 is 1.64 bits per heavy atom. The SMILES string of the molecule is Cc1cc(C(=O)N2CCCC2)nc(Nc2ccc(N3CCN(C)CC3)cc2)n1. The fourth-order valence-corrected chi connectivity index (χ4v) is 3.77. The number of aromatic nitrogens is 2. The van der Waals surface area contributed by atoms with Crippen molar-refractivity contribution >= 4 is 23.2 Å². The maximum absolute atomic E-state index is 12.6. The van der Waals surface area contributed by atoms with Gasteiger partial charge in [0.1, 0.15) is 5.69 Å². The molecule has 0 unspecified atom stereocenters. The lowest BCUT2D eigenvalue weighted by molar-refractivity contribution is 0.0787. The van der Waals surface area contributed by atoms with Gasteiger partial charge in [0.05, 0.1) is 0 Å². The number of rotatable bonds is 4. The number of likely N-dealkylation sites (tertiary alicyclic amines) is 1.